The van der Waals surface area contributed by atoms with E-state index in [-0.39, 0.29) is 17.1 Å². The monoisotopic (exact) mass is 363 g/mol. The number of aromatic nitrogens is 2. The summed E-state index contributed by atoms with van der Waals surface area (Å²) in [5, 5.41) is 11.1. The average molecular weight is 363 g/mol. The molecule has 27 heavy (non-hydrogen) atoms. The van der Waals surface area contributed by atoms with Gasteiger partial charge < -0.3 is 4.74 Å². The largest absolute Gasteiger partial charge is 0.440 e. The number of H-pyrrole nitrogens is 2. The molecule has 0 spiro atoms. The predicted octanol–water partition coefficient (Wildman–Crippen LogP) is 2.54. The topological polar surface area (TPSA) is 118 Å². The summed E-state index contributed by atoms with van der Waals surface area (Å²) in [5.41, 5.74) is 0.102. The molecular formula is C19H13N3O5. The first kappa shape index (κ1) is 16.5. The van der Waals surface area contributed by atoms with Crippen molar-refractivity contribution in [2.45, 2.75) is 5.92 Å². The fourth-order valence-corrected chi connectivity index (χ4v) is 3.07. The van der Waals surface area contributed by atoms with E-state index in [1.54, 1.807) is 18.2 Å². The fourth-order valence-electron chi connectivity index (χ4n) is 3.07. The number of ether oxygens (including phenoxy) is 1. The first-order valence-corrected chi connectivity index (χ1v) is 8.09. The Hall–Kier alpha value is -3.94. The Balaban J connectivity index is 1.94. The maximum atomic E-state index is 12.4. The van der Waals surface area contributed by atoms with Crippen LogP contribution in [0.5, 0.6) is 5.88 Å². The quantitative estimate of drug-likeness (QED) is 0.548. The second kappa shape index (κ2) is 6.41. The van der Waals surface area contributed by atoms with Gasteiger partial charge in [-0.05, 0) is 11.6 Å². The first-order valence-electron chi connectivity index (χ1n) is 8.09. The lowest BCUT2D eigenvalue weighted by molar-refractivity contribution is -0.384. The Morgan fingerprint density at radius 1 is 1.00 bits per heavy atom. The van der Waals surface area contributed by atoms with Gasteiger partial charge in [0.2, 0.25) is 5.88 Å². The highest BCUT2D eigenvalue weighted by molar-refractivity contribution is 5.67. The number of fused-ring (bicyclic) bond motifs is 1. The SMILES string of the molecule is O=c1[nH]c2c(c(=O)[nH]1)[C@H](c1cccc([N+](=O)[O-])c1)C=C(c1ccccc1)O2. The fraction of sp³-hybridized carbons (Fsp3) is 0.0526. The van der Waals surface area contributed by atoms with Crippen LogP contribution < -0.4 is 16.0 Å². The summed E-state index contributed by atoms with van der Waals surface area (Å²) < 4.78 is 5.76. The van der Waals surface area contributed by atoms with Crippen molar-refractivity contribution in [2.24, 2.45) is 0 Å². The van der Waals surface area contributed by atoms with Crippen LogP contribution in [0.25, 0.3) is 5.76 Å². The molecule has 0 unspecified atom stereocenters. The number of allylic oxidation sites excluding steroid dienone is 1. The van der Waals surface area contributed by atoms with Gasteiger partial charge in [-0.1, -0.05) is 42.5 Å². The van der Waals surface area contributed by atoms with E-state index in [1.165, 1.54) is 12.1 Å². The van der Waals surface area contributed by atoms with E-state index in [9.17, 15) is 19.7 Å². The number of rotatable bonds is 3. The van der Waals surface area contributed by atoms with Gasteiger partial charge in [-0.2, -0.15) is 0 Å². The van der Waals surface area contributed by atoms with Crippen molar-refractivity contribution in [1.29, 1.82) is 0 Å². The van der Waals surface area contributed by atoms with Gasteiger partial charge in [0.1, 0.15) is 5.76 Å². The summed E-state index contributed by atoms with van der Waals surface area (Å²) in [6.07, 6.45) is 1.71. The Morgan fingerprint density at radius 3 is 2.52 bits per heavy atom. The van der Waals surface area contributed by atoms with Crippen LogP contribution in [0.4, 0.5) is 5.69 Å². The summed E-state index contributed by atoms with van der Waals surface area (Å²) in [6, 6.07) is 15.2. The highest BCUT2D eigenvalue weighted by atomic mass is 16.6. The Labute approximate surface area is 151 Å². The van der Waals surface area contributed by atoms with Gasteiger partial charge in [-0.15, -0.1) is 0 Å². The number of non-ortho nitro benzene ring substituents is 1. The van der Waals surface area contributed by atoms with Gasteiger partial charge in [-0.25, -0.2) is 4.79 Å². The number of nitrogens with one attached hydrogen (secondary N) is 2. The molecule has 1 aromatic heterocycles. The van der Waals surface area contributed by atoms with Gasteiger partial charge in [0.15, 0.2) is 0 Å². The molecule has 0 aliphatic carbocycles. The minimum absolute atomic E-state index is 0.0293. The van der Waals surface area contributed by atoms with Crippen LogP contribution in [0.3, 0.4) is 0 Å². The Morgan fingerprint density at radius 2 is 1.78 bits per heavy atom. The molecule has 8 heteroatoms. The van der Waals surface area contributed by atoms with E-state index in [4.69, 9.17) is 4.74 Å². The molecule has 2 heterocycles. The standard InChI is InChI=1S/C19H13N3O5/c23-17-16-14(12-7-4-8-13(9-12)22(25)26)10-15(11-5-2-1-3-6-11)27-18(16)21-19(24)20-17/h1-10,14H,(H2,20,21,23,24)/t14-/m0/s1. The van der Waals surface area contributed by atoms with Crippen molar-refractivity contribution in [1.82, 2.24) is 9.97 Å². The normalized spacial score (nSPS) is 15.4. The summed E-state index contributed by atoms with van der Waals surface area (Å²) >= 11 is 0. The second-order valence-corrected chi connectivity index (χ2v) is 5.98. The minimum atomic E-state index is -0.689. The van der Waals surface area contributed by atoms with E-state index in [1.807, 2.05) is 30.3 Å². The molecule has 1 atom stereocenters. The van der Waals surface area contributed by atoms with E-state index in [0.29, 0.717) is 11.3 Å². The van der Waals surface area contributed by atoms with E-state index in [0.717, 1.165) is 5.56 Å². The van der Waals surface area contributed by atoms with Gasteiger partial charge in [0, 0.05) is 23.6 Å². The van der Waals surface area contributed by atoms with Gasteiger partial charge in [0.25, 0.3) is 11.2 Å². The highest BCUT2D eigenvalue weighted by Crippen LogP contribution is 2.38. The Kier molecular flexibility index (Phi) is 3.92. The Bertz CT molecular complexity index is 1180. The van der Waals surface area contributed by atoms with Gasteiger partial charge >= 0.3 is 5.69 Å². The molecule has 1 aliphatic heterocycles. The zero-order valence-corrected chi connectivity index (χ0v) is 13.8. The number of nitro groups is 1. The molecule has 4 rings (SSSR count). The maximum absolute atomic E-state index is 12.4. The molecule has 3 aromatic rings. The minimum Gasteiger partial charge on any atom is -0.440 e. The lowest BCUT2D eigenvalue weighted by atomic mass is 9.89. The molecule has 134 valence electrons. The van der Waals surface area contributed by atoms with Crippen LogP contribution in [0.15, 0.2) is 70.3 Å². The molecule has 0 amide bonds. The summed E-state index contributed by atoms with van der Waals surface area (Å²) in [4.78, 5) is 39.4. The zero-order valence-electron chi connectivity index (χ0n) is 13.8. The summed E-state index contributed by atoms with van der Waals surface area (Å²) in [7, 11) is 0. The lowest BCUT2D eigenvalue weighted by Gasteiger charge is -2.23. The summed E-state index contributed by atoms with van der Waals surface area (Å²) in [6.45, 7) is 0. The zero-order chi connectivity index (χ0) is 19.0. The smallest absolute Gasteiger partial charge is 0.328 e. The van der Waals surface area contributed by atoms with E-state index in [2.05, 4.69) is 9.97 Å². The number of nitrogens with zero attached hydrogens (tertiary/aromatic N) is 1. The van der Waals surface area contributed by atoms with Gasteiger partial charge in [0.05, 0.1) is 10.5 Å². The number of nitro benzene ring substituents is 1. The van der Waals surface area contributed by atoms with Crippen molar-refractivity contribution < 1.29 is 9.66 Å². The van der Waals surface area contributed by atoms with Crippen molar-refractivity contribution in [3.05, 3.63) is 108 Å². The molecule has 2 aromatic carbocycles. The molecule has 0 saturated carbocycles. The van der Waals surface area contributed by atoms with Crippen LogP contribution >= 0.6 is 0 Å². The number of benzene rings is 2. The van der Waals surface area contributed by atoms with E-state index < -0.39 is 22.1 Å². The van der Waals surface area contributed by atoms with Crippen molar-refractivity contribution in [3.63, 3.8) is 0 Å². The van der Waals surface area contributed by atoms with Crippen LogP contribution in [-0.2, 0) is 0 Å². The molecule has 0 bridgehead atoms. The summed E-state index contributed by atoms with van der Waals surface area (Å²) in [5.74, 6) is -0.146. The molecule has 2 N–H and O–H groups in total. The molecule has 0 radical (unpaired) electrons. The van der Waals surface area contributed by atoms with Crippen LogP contribution in [0.1, 0.15) is 22.6 Å². The van der Waals surface area contributed by atoms with Gasteiger partial charge in [-0.3, -0.25) is 24.9 Å². The van der Waals surface area contributed by atoms with Crippen molar-refractivity contribution >= 4 is 11.4 Å². The number of hydrogen-bond donors (Lipinski definition) is 2. The van der Waals surface area contributed by atoms with Crippen LogP contribution in [0.2, 0.25) is 0 Å². The third kappa shape index (κ3) is 3.04. The lowest BCUT2D eigenvalue weighted by Crippen LogP contribution is -2.30. The first-order chi connectivity index (χ1) is 13.0. The van der Waals surface area contributed by atoms with E-state index >= 15 is 0 Å². The molecule has 0 saturated heterocycles. The van der Waals surface area contributed by atoms with Crippen molar-refractivity contribution in [3.8, 4) is 5.88 Å². The van der Waals surface area contributed by atoms with Crippen molar-refractivity contribution in [2.75, 3.05) is 0 Å². The van der Waals surface area contributed by atoms with Crippen LogP contribution in [-0.4, -0.2) is 14.9 Å². The molecule has 8 nitrogen and oxygen atoms in total. The van der Waals surface area contributed by atoms with Crippen LogP contribution in [0, 0.1) is 10.1 Å². The third-order valence-corrected chi connectivity index (χ3v) is 4.28. The predicted molar refractivity (Wildman–Crippen MR) is 97.7 cm³/mol. The highest BCUT2D eigenvalue weighted by Gasteiger charge is 2.29. The third-order valence-electron chi connectivity index (χ3n) is 4.28. The number of hydrogen-bond acceptors (Lipinski definition) is 5. The number of aromatic amines is 2. The maximum Gasteiger partial charge on any atom is 0.328 e. The molecule has 1 aliphatic rings. The second-order valence-electron chi connectivity index (χ2n) is 5.98. The average Bonchev–Trinajstić information content (AvgIpc) is 2.67. The molecular weight excluding hydrogens is 350 g/mol. The molecule has 0 fully saturated rings.